The molecule has 0 radical (unpaired) electrons. The fraction of sp³-hybridized carbons (Fsp3) is 0.462. The van der Waals surface area contributed by atoms with Gasteiger partial charge in [-0.3, -0.25) is 4.79 Å². The van der Waals surface area contributed by atoms with Crippen LogP contribution in [0.2, 0.25) is 0 Å². The molecule has 0 spiro atoms. The van der Waals surface area contributed by atoms with E-state index in [2.05, 4.69) is 5.32 Å². The molecule has 0 aromatic heterocycles. The van der Waals surface area contributed by atoms with Gasteiger partial charge < -0.3 is 25.6 Å². The first kappa shape index (κ1) is 15.3. The number of nitrogens with one attached hydrogen (secondary N) is 1. The predicted molar refractivity (Wildman–Crippen MR) is 71.5 cm³/mol. The average Bonchev–Trinajstić information content (AvgIpc) is 2.43. The molecule has 0 atom stereocenters. The van der Waals surface area contributed by atoms with Crippen molar-refractivity contribution in [3.8, 4) is 11.5 Å². The van der Waals surface area contributed by atoms with Gasteiger partial charge >= 0.3 is 0 Å². The minimum Gasteiger partial charge on any atom is -0.507 e. The molecule has 0 aliphatic heterocycles. The van der Waals surface area contributed by atoms with Crippen LogP contribution in [0.4, 0.5) is 0 Å². The fourth-order valence-corrected chi connectivity index (χ4v) is 1.48. The summed E-state index contributed by atoms with van der Waals surface area (Å²) >= 11 is 0. The third-order valence-corrected chi connectivity index (χ3v) is 2.46. The van der Waals surface area contributed by atoms with Gasteiger partial charge in [0.05, 0.1) is 19.3 Å². The van der Waals surface area contributed by atoms with Gasteiger partial charge in [-0.15, -0.1) is 0 Å². The molecule has 19 heavy (non-hydrogen) atoms. The summed E-state index contributed by atoms with van der Waals surface area (Å²) in [6, 6.07) is 4.51. The van der Waals surface area contributed by atoms with E-state index in [-0.39, 0.29) is 17.2 Å². The van der Waals surface area contributed by atoms with E-state index in [0.29, 0.717) is 38.5 Å². The maximum Gasteiger partial charge on any atom is 0.255 e. The Kier molecular flexibility index (Phi) is 6.70. The molecule has 6 heteroatoms. The molecule has 0 saturated heterocycles. The zero-order valence-corrected chi connectivity index (χ0v) is 11.0. The van der Waals surface area contributed by atoms with Crippen LogP contribution in [0.1, 0.15) is 16.8 Å². The molecule has 0 unspecified atom stereocenters. The van der Waals surface area contributed by atoms with Crippen LogP contribution >= 0.6 is 0 Å². The summed E-state index contributed by atoms with van der Waals surface area (Å²) in [5.74, 6) is 0.113. The Morgan fingerprint density at radius 3 is 2.89 bits per heavy atom. The van der Waals surface area contributed by atoms with E-state index in [4.69, 9.17) is 15.2 Å². The maximum absolute atomic E-state index is 11.8. The van der Waals surface area contributed by atoms with E-state index in [0.717, 1.165) is 0 Å². The van der Waals surface area contributed by atoms with Crippen LogP contribution in [0, 0.1) is 0 Å². The van der Waals surface area contributed by atoms with Gasteiger partial charge in [0.2, 0.25) is 0 Å². The minimum absolute atomic E-state index is 0.0716. The smallest absolute Gasteiger partial charge is 0.255 e. The van der Waals surface area contributed by atoms with Gasteiger partial charge in [0.25, 0.3) is 5.91 Å². The van der Waals surface area contributed by atoms with Crippen LogP contribution in [0.3, 0.4) is 0 Å². The predicted octanol–water partition coefficient (Wildman–Crippen LogP) is 0.496. The molecule has 4 N–H and O–H groups in total. The number of methoxy groups -OCH3 is 1. The molecule has 0 saturated carbocycles. The van der Waals surface area contributed by atoms with Crippen molar-refractivity contribution >= 4 is 5.91 Å². The monoisotopic (exact) mass is 268 g/mol. The van der Waals surface area contributed by atoms with Crippen molar-refractivity contribution in [3.05, 3.63) is 23.8 Å². The van der Waals surface area contributed by atoms with Crippen molar-refractivity contribution in [1.29, 1.82) is 0 Å². The molecule has 0 heterocycles. The second-order valence-corrected chi connectivity index (χ2v) is 3.89. The summed E-state index contributed by atoms with van der Waals surface area (Å²) in [5.41, 5.74) is 5.47. The highest BCUT2D eigenvalue weighted by Gasteiger charge is 2.11. The van der Waals surface area contributed by atoms with E-state index >= 15 is 0 Å². The summed E-state index contributed by atoms with van der Waals surface area (Å²) < 4.78 is 10.2. The molecule has 1 aromatic carbocycles. The minimum atomic E-state index is -0.338. The summed E-state index contributed by atoms with van der Waals surface area (Å²) in [7, 11) is 1.50. The molecule has 0 fully saturated rings. The van der Waals surface area contributed by atoms with Crippen molar-refractivity contribution in [2.75, 3.05) is 33.4 Å². The van der Waals surface area contributed by atoms with Gasteiger partial charge in [-0.2, -0.15) is 0 Å². The second-order valence-electron chi connectivity index (χ2n) is 3.89. The Balaban J connectivity index is 2.40. The normalized spacial score (nSPS) is 10.2. The number of phenols is 1. The SMILES string of the molecule is COc1ccc(O)c(C(=O)NCCCOCCN)c1. The number of hydrogen-bond donors (Lipinski definition) is 3. The number of hydrogen-bond acceptors (Lipinski definition) is 5. The van der Waals surface area contributed by atoms with Crippen molar-refractivity contribution < 1.29 is 19.4 Å². The number of carbonyl (C=O) groups excluding carboxylic acids is 1. The number of rotatable bonds is 8. The molecule has 1 amide bonds. The van der Waals surface area contributed by atoms with Crippen molar-refractivity contribution in [2.45, 2.75) is 6.42 Å². The summed E-state index contributed by atoms with van der Waals surface area (Å²) in [6.45, 7) is 2.02. The first-order valence-electron chi connectivity index (χ1n) is 6.12. The second kappa shape index (κ2) is 8.34. The highest BCUT2D eigenvalue weighted by Crippen LogP contribution is 2.22. The van der Waals surface area contributed by atoms with Gasteiger partial charge in [0.1, 0.15) is 11.5 Å². The molecule has 0 aliphatic rings. The lowest BCUT2D eigenvalue weighted by Gasteiger charge is -2.08. The lowest BCUT2D eigenvalue weighted by atomic mass is 10.1. The topological polar surface area (TPSA) is 93.8 Å². The van der Waals surface area contributed by atoms with Crippen LogP contribution in [-0.4, -0.2) is 44.4 Å². The highest BCUT2D eigenvalue weighted by molar-refractivity contribution is 5.97. The first-order valence-corrected chi connectivity index (χ1v) is 6.12. The third kappa shape index (κ3) is 5.15. The van der Waals surface area contributed by atoms with E-state index in [1.165, 1.54) is 19.2 Å². The van der Waals surface area contributed by atoms with E-state index in [1.807, 2.05) is 0 Å². The van der Waals surface area contributed by atoms with Crippen LogP contribution in [0.25, 0.3) is 0 Å². The van der Waals surface area contributed by atoms with E-state index in [9.17, 15) is 9.90 Å². The van der Waals surface area contributed by atoms with Gasteiger partial charge in [0, 0.05) is 19.7 Å². The Bertz CT molecular complexity index is 410. The standard InChI is InChI=1S/C13H20N2O4/c1-18-10-3-4-12(16)11(9-10)13(17)15-6-2-7-19-8-5-14/h3-4,9,16H,2,5-8,14H2,1H3,(H,15,17). The third-order valence-electron chi connectivity index (χ3n) is 2.46. The Labute approximate surface area is 112 Å². The number of amides is 1. The summed E-state index contributed by atoms with van der Waals surface area (Å²) in [5, 5.41) is 12.3. The molecule has 1 rings (SSSR count). The Hall–Kier alpha value is -1.79. The van der Waals surface area contributed by atoms with Gasteiger partial charge in [-0.25, -0.2) is 0 Å². The van der Waals surface area contributed by atoms with Crippen LogP contribution in [0.5, 0.6) is 11.5 Å². The highest BCUT2D eigenvalue weighted by atomic mass is 16.5. The summed E-state index contributed by atoms with van der Waals surface area (Å²) in [4.78, 5) is 11.8. The number of nitrogens with two attached hydrogens (primary N) is 1. The lowest BCUT2D eigenvalue weighted by molar-refractivity contribution is 0.0940. The number of benzene rings is 1. The molecule has 6 nitrogen and oxygen atoms in total. The van der Waals surface area contributed by atoms with E-state index < -0.39 is 0 Å². The molecular formula is C13H20N2O4. The molecule has 1 aromatic rings. The van der Waals surface area contributed by atoms with Crippen molar-refractivity contribution in [2.24, 2.45) is 5.73 Å². The Morgan fingerprint density at radius 1 is 1.42 bits per heavy atom. The van der Waals surface area contributed by atoms with Gasteiger partial charge in [0.15, 0.2) is 0 Å². The average molecular weight is 268 g/mol. The first-order chi connectivity index (χ1) is 9.19. The van der Waals surface area contributed by atoms with Gasteiger partial charge in [-0.05, 0) is 24.6 Å². The van der Waals surface area contributed by atoms with Crippen LogP contribution in [-0.2, 0) is 4.74 Å². The number of carbonyl (C=O) groups is 1. The Morgan fingerprint density at radius 2 is 2.21 bits per heavy atom. The van der Waals surface area contributed by atoms with Crippen molar-refractivity contribution in [1.82, 2.24) is 5.32 Å². The molecule has 0 bridgehead atoms. The molecular weight excluding hydrogens is 248 g/mol. The van der Waals surface area contributed by atoms with Gasteiger partial charge in [-0.1, -0.05) is 0 Å². The zero-order chi connectivity index (χ0) is 14.1. The number of ether oxygens (including phenoxy) is 2. The number of aromatic hydroxyl groups is 1. The van der Waals surface area contributed by atoms with Crippen LogP contribution < -0.4 is 15.8 Å². The molecule has 106 valence electrons. The van der Waals surface area contributed by atoms with E-state index in [1.54, 1.807) is 6.07 Å². The zero-order valence-electron chi connectivity index (χ0n) is 11.0. The summed E-state index contributed by atoms with van der Waals surface area (Å²) in [6.07, 6.45) is 0.691. The quantitative estimate of drug-likeness (QED) is 0.597. The largest absolute Gasteiger partial charge is 0.507 e. The molecule has 0 aliphatic carbocycles. The number of phenolic OH excluding ortho intramolecular Hbond substituents is 1. The van der Waals surface area contributed by atoms with Crippen molar-refractivity contribution in [3.63, 3.8) is 0 Å². The fourth-order valence-electron chi connectivity index (χ4n) is 1.48. The van der Waals surface area contributed by atoms with Crippen LogP contribution in [0.15, 0.2) is 18.2 Å². The maximum atomic E-state index is 11.8. The lowest BCUT2D eigenvalue weighted by Crippen LogP contribution is -2.25.